The van der Waals surface area contributed by atoms with Crippen LogP contribution in [-0.4, -0.2) is 28.9 Å². The topological polar surface area (TPSA) is 113 Å². The standard InChI is InChI=1S/C14H15ClN4O4/c15-9-3-4-10(11(6-9)19(22)23)16-7-8-2-1-5-14(8)12(20)17-13(21)18-14/h3-4,6,8,16H,1-2,5,7H2,(H2,17,18,20,21)/t8-,14+/m1/s1. The maximum Gasteiger partial charge on any atom is 0.322 e. The lowest BCUT2D eigenvalue weighted by Crippen LogP contribution is -2.51. The molecule has 1 aliphatic carbocycles. The number of halogens is 1. The van der Waals surface area contributed by atoms with Gasteiger partial charge in [0.25, 0.3) is 11.6 Å². The Morgan fingerprint density at radius 2 is 2.22 bits per heavy atom. The van der Waals surface area contributed by atoms with Gasteiger partial charge in [-0.2, -0.15) is 0 Å². The van der Waals surface area contributed by atoms with Gasteiger partial charge in [-0.15, -0.1) is 0 Å². The first kappa shape index (κ1) is 15.5. The maximum atomic E-state index is 12.1. The molecule has 2 atom stereocenters. The number of carbonyl (C=O) groups is 2. The molecule has 1 saturated heterocycles. The van der Waals surface area contributed by atoms with Crippen LogP contribution >= 0.6 is 11.6 Å². The Bertz CT molecular complexity index is 695. The minimum Gasteiger partial charge on any atom is -0.379 e. The van der Waals surface area contributed by atoms with Gasteiger partial charge in [-0.05, 0) is 25.0 Å². The Labute approximate surface area is 136 Å². The van der Waals surface area contributed by atoms with Crippen LogP contribution in [0.3, 0.4) is 0 Å². The summed E-state index contributed by atoms with van der Waals surface area (Å²) in [5.74, 6) is -0.457. The zero-order chi connectivity index (χ0) is 16.6. The van der Waals surface area contributed by atoms with Crippen molar-refractivity contribution >= 4 is 34.9 Å². The molecule has 1 aromatic carbocycles. The molecule has 2 aliphatic rings. The van der Waals surface area contributed by atoms with E-state index >= 15 is 0 Å². The van der Waals surface area contributed by atoms with Gasteiger partial charge >= 0.3 is 6.03 Å². The van der Waals surface area contributed by atoms with Crippen LogP contribution < -0.4 is 16.0 Å². The number of nitrogens with zero attached hydrogens (tertiary/aromatic N) is 1. The molecule has 8 nitrogen and oxygen atoms in total. The monoisotopic (exact) mass is 338 g/mol. The molecule has 0 bridgehead atoms. The van der Waals surface area contributed by atoms with E-state index in [4.69, 9.17) is 11.6 Å². The van der Waals surface area contributed by atoms with Crippen LogP contribution in [-0.2, 0) is 4.79 Å². The number of hydrogen-bond donors (Lipinski definition) is 3. The van der Waals surface area contributed by atoms with E-state index in [1.807, 2.05) is 0 Å². The van der Waals surface area contributed by atoms with Crippen molar-refractivity contribution in [2.75, 3.05) is 11.9 Å². The van der Waals surface area contributed by atoms with Crippen LogP contribution in [0.25, 0.3) is 0 Å². The highest BCUT2D eigenvalue weighted by Crippen LogP contribution is 2.38. The van der Waals surface area contributed by atoms with Crippen LogP contribution in [0.5, 0.6) is 0 Å². The Hall–Kier alpha value is -2.35. The lowest BCUT2D eigenvalue weighted by atomic mass is 9.87. The van der Waals surface area contributed by atoms with E-state index in [1.165, 1.54) is 12.1 Å². The van der Waals surface area contributed by atoms with Gasteiger partial charge in [-0.3, -0.25) is 20.2 Å². The molecule has 122 valence electrons. The molecule has 0 radical (unpaired) electrons. The van der Waals surface area contributed by atoms with Gasteiger partial charge < -0.3 is 10.6 Å². The number of nitro groups is 1. The van der Waals surface area contributed by atoms with Crippen LogP contribution in [0.4, 0.5) is 16.2 Å². The van der Waals surface area contributed by atoms with Gasteiger partial charge in [0.15, 0.2) is 0 Å². The summed E-state index contributed by atoms with van der Waals surface area (Å²) in [5, 5.41) is 19.4. The summed E-state index contributed by atoms with van der Waals surface area (Å²) in [4.78, 5) is 34.1. The van der Waals surface area contributed by atoms with Crippen LogP contribution in [0, 0.1) is 16.0 Å². The van der Waals surface area contributed by atoms with Crippen molar-refractivity contribution in [1.29, 1.82) is 0 Å². The average molecular weight is 339 g/mol. The second-order valence-corrected chi connectivity index (χ2v) is 6.20. The third-order valence-corrected chi connectivity index (χ3v) is 4.72. The van der Waals surface area contributed by atoms with Crippen molar-refractivity contribution in [3.05, 3.63) is 33.3 Å². The fraction of sp³-hybridized carbons (Fsp3) is 0.429. The van der Waals surface area contributed by atoms with E-state index in [-0.39, 0.29) is 22.5 Å². The molecule has 3 amide bonds. The number of benzene rings is 1. The number of nitrogens with one attached hydrogen (secondary N) is 3. The molecule has 0 unspecified atom stereocenters. The van der Waals surface area contributed by atoms with E-state index in [9.17, 15) is 19.7 Å². The van der Waals surface area contributed by atoms with Crippen molar-refractivity contribution in [2.24, 2.45) is 5.92 Å². The van der Waals surface area contributed by atoms with E-state index < -0.39 is 16.5 Å². The van der Waals surface area contributed by atoms with E-state index in [0.717, 1.165) is 12.8 Å². The molecule has 1 spiro atoms. The summed E-state index contributed by atoms with van der Waals surface area (Å²) in [6, 6.07) is 3.89. The third kappa shape index (κ3) is 2.70. The number of anilines is 1. The van der Waals surface area contributed by atoms with Crippen molar-refractivity contribution in [2.45, 2.75) is 24.8 Å². The highest BCUT2D eigenvalue weighted by Gasteiger charge is 2.54. The third-order valence-electron chi connectivity index (χ3n) is 4.48. The van der Waals surface area contributed by atoms with E-state index in [0.29, 0.717) is 18.7 Å². The minimum atomic E-state index is -0.911. The van der Waals surface area contributed by atoms with E-state index in [2.05, 4.69) is 16.0 Å². The lowest BCUT2D eigenvalue weighted by molar-refractivity contribution is -0.383. The lowest BCUT2D eigenvalue weighted by Gasteiger charge is -2.28. The Kier molecular flexibility index (Phi) is 3.85. The summed E-state index contributed by atoms with van der Waals surface area (Å²) in [7, 11) is 0. The first-order valence-corrected chi connectivity index (χ1v) is 7.61. The highest BCUT2D eigenvalue weighted by atomic mass is 35.5. The molecule has 0 aromatic heterocycles. The van der Waals surface area contributed by atoms with Gasteiger partial charge in [-0.1, -0.05) is 18.0 Å². The maximum absolute atomic E-state index is 12.1. The second kappa shape index (κ2) is 5.69. The van der Waals surface area contributed by atoms with Crippen molar-refractivity contribution in [1.82, 2.24) is 10.6 Å². The number of rotatable bonds is 4. The zero-order valence-electron chi connectivity index (χ0n) is 12.1. The van der Waals surface area contributed by atoms with Crippen LogP contribution in [0.2, 0.25) is 5.02 Å². The van der Waals surface area contributed by atoms with Crippen molar-refractivity contribution in [3.63, 3.8) is 0 Å². The predicted octanol–water partition coefficient (Wildman–Crippen LogP) is 2.04. The first-order chi connectivity index (χ1) is 10.9. The Balaban J connectivity index is 1.77. The van der Waals surface area contributed by atoms with Gasteiger partial charge in [0.1, 0.15) is 11.2 Å². The summed E-state index contributed by atoms with van der Waals surface area (Å²) >= 11 is 5.79. The molecular weight excluding hydrogens is 324 g/mol. The fourth-order valence-corrected chi connectivity index (χ4v) is 3.53. The average Bonchev–Trinajstić information content (AvgIpc) is 3.01. The van der Waals surface area contributed by atoms with Crippen LogP contribution in [0.15, 0.2) is 18.2 Å². The second-order valence-electron chi connectivity index (χ2n) is 5.77. The zero-order valence-corrected chi connectivity index (χ0v) is 12.9. The minimum absolute atomic E-state index is 0.121. The molecule has 23 heavy (non-hydrogen) atoms. The quantitative estimate of drug-likeness (QED) is 0.441. The molecule has 1 aromatic rings. The summed E-state index contributed by atoms with van der Waals surface area (Å²) in [6.45, 7) is 0.343. The molecule has 3 N–H and O–H groups in total. The molecule has 3 rings (SSSR count). The smallest absolute Gasteiger partial charge is 0.322 e. The molecule has 2 fully saturated rings. The predicted molar refractivity (Wildman–Crippen MR) is 83.3 cm³/mol. The summed E-state index contributed by atoms with van der Waals surface area (Å²) in [6.07, 6.45) is 2.13. The molecule has 1 saturated carbocycles. The number of carbonyl (C=O) groups excluding carboxylic acids is 2. The molecule has 1 aliphatic heterocycles. The number of imide groups is 1. The summed E-state index contributed by atoms with van der Waals surface area (Å²) < 4.78 is 0. The first-order valence-electron chi connectivity index (χ1n) is 7.24. The van der Waals surface area contributed by atoms with Crippen LogP contribution in [0.1, 0.15) is 19.3 Å². The number of hydrogen-bond acceptors (Lipinski definition) is 5. The Morgan fingerprint density at radius 3 is 2.87 bits per heavy atom. The van der Waals surface area contributed by atoms with Gasteiger partial charge in [0.2, 0.25) is 0 Å². The number of amides is 3. The molecular formula is C14H15ClN4O4. The number of urea groups is 1. The number of nitro benzene ring substituents is 1. The SMILES string of the molecule is O=C1NC(=O)[C@@]2(CCC[C@@H]2CNc2ccc(Cl)cc2[N+](=O)[O-])N1. The van der Waals surface area contributed by atoms with Crippen molar-refractivity contribution in [3.8, 4) is 0 Å². The summed E-state index contributed by atoms with van der Waals surface area (Å²) in [5.41, 5.74) is -0.693. The van der Waals surface area contributed by atoms with E-state index in [1.54, 1.807) is 6.07 Å². The highest BCUT2D eigenvalue weighted by molar-refractivity contribution is 6.30. The Morgan fingerprint density at radius 1 is 1.43 bits per heavy atom. The molecule has 1 heterocycles. The normalized spacial score (nSPS) is 26.2. The van der Waals surface area contributed by atoms with Gasteiger partial charge in [-0.25, -0.2) is 4.79 Å². The van der Waals surface area contributed by atoms with Gasteiger partial charge in [0, 0.05) is 23.6 Å². The molecule has 9 heteroatoms. The fourth-order valence-electron chi connectivity index (χ4n) is 3.36. The van der Waals surface area contributed by atoms with Crippen molar-refractivity contribution < 1.29 is 14.5 Å². The largest absolute Gasteiger partial charge is 0.379 e. The van der Waals surface area contributed by atoms with Gasteiger partial charge in [0.05, 0.1) is 4.92 Å².